The predicted octanol–water partition coefficient (Wildman–Crippen LogP) is 1.66. The molecule has 0 unspecified atom stereocenters. The fourth-order valence-corrected chi connectivity index (χ4v) is 3.18. The van der Waals surface area contributed by atoms with E-state index in [0.29, 0.717) is 17.6 Å². The highest BCUT2D eigenvalue weighted by Gasteiger charge is 2.51. The summed E-state index contributed by atoms with van der Waals surface area (Å²) in [4.78, 5) is 15.9. The summed E-state index contributed by atoms with van der Waals surface area (Å²) in [6.45, 7) is 9.09. The first-order valence-corrected chi connectivity index (χ1v) is 7.65. The Balaban J connectivity index is 2.66. The number of aryl methyl sites for hydroxylation is 1. The Labute approximate surface area is 135 Å². The van der Waals surface area contributed by atoms with Gasteiger partial charge in [-0.3, -0.25) is 4.57 Å². The van der Waals surface area contributed by atoms with E-state index < -0.39 is 22.9 Å². The van der Waals surface area contributed by atoms with Crippen LogP contribution in [0, 0.1) is 12.3 Å². The molecule has 0 bridgehead atoms. The van der Waals surface area contributed by atoms with Crippen molar-refractivity contribution in [2.45, 2.75) is 52.9 Å². The van der Waals surface area contributed by atoms with E-state index in [4.69, 9.17) is 10.5 Å². The van der Waals surface area contributed by atoms with Gasteiger partial charge in [-0.25, -0.2) is 4.79 Å². The van der Waals surface area contributed by atoms with Gasteiger partial charge in [0.1, 0.15) is 17.2 Å². The van der Waals surface area contributed by atoms with E-state index in [-0.39, 0.29) is 18.2 Å². The molecule has 0 fully saturated rings. The maximum absolute atomic E-state index is 12.2. The van der Waals surface area contributed by atoms with Gasteiger partial charge in [0, 0.05) is 17.3 Å². The molecule has 7 heteroatoms. The van der Waals surface area contributed by atoms with Crippen LogP contribution in [-0.4, -0.2) is 32.0 Å². The third-order valence-corrected chi connectivity index (χ3v) is 4.29. The summed E-state index contributed by atoms with van der Waals surface area (Å²) < 4.78 is 7.18. The molecule has 23 heavy (non-hydrogen) atoms. The maximum Gasteiger partial charge on any atom is 0.352 e. The van der Waals surface area contributed by atoms with Crippen molar-refractivity contribution in [1.82, 2.24) is 9.55 Å². The van der Waals surface area contributed by atoms with Crippen molar-refractivity contribution in [2.75, 3.05) is 12.3 Å². The second-order valence-electron chi connectivity index (χ2n) is 6.99. The summed E-state index contributed by atoms with van der Waals surface area (Å²) in [7, 11) is 0. The van der Waals surface area contributed by atoms with Crippen LogP contribution in [-0.2, 0) is 4.74 Å². The van der Waals surface area contributed by atoms with Crippen LogP contribution >= 0.6 is 0 Å². The molecule has 0 amide bonds. The van der Waals surface area contributed by atoms with Crippen LogP contribution in [0.15, 0.2) is 22.3 Å². The van der Waals surface area contributed by atoms with Gasteiger partial charge in [0.2, 0.25) is 0 Å². The van der Waals surface area contributed by atoms with E-state index in [9.17, 15) is 15.0 Å². The fourth-order valence-electron chi connectivity index (χ4n) is 3.18. The number of hydrogen-bond acceptors (Lipinski definition) is 6. The minimum Gasteiger partial charge on any atom is -0.507 e. The number of nitrogens with zero attached hydrogens (tertiary/aromatic N) is 2. The van der Waals surface area contributed by atoms with E-state index >= 15 is 0 Å². The zero-order chi connectivity index (χ0) is 17.6. The molecule has 1 aromatic rings. The standard InChI is InChI=1S/C16H25N3O4/c1-6-16(8-20)11(15(3,4)5)10(21)13(23-16)19-7-9(2)12(17)18-14(19)22/h7,13,20-21H,6,8H2,1-5H3,(H2,17,18,22)/t13-,16-/m1/s1. The zero-order valence-electron chi connectivity index (χ0n) is 14.3. The maximum atomic E-state index is 12.2. The van der Waals surface area contributed by atoms with Crippen molar-refractivity contribution >= 4 is 5.82 Å². The van der Waals surface area contributed by atoms with Gasteiger partial charge in [-0.2, -0.15) is 4.98 Å². The number of anilines is 1. The lowest BCUT2D eigenvalue weighted by molar-refractivity contribution is -0.104. The smallest absolute Gasteiger partial charge is 0.352 e. The Morgan fingerprint density at radius 2 is 2.09 bits per heavy atom. The predicted molar refractivity (Wildman–Crippen MR) is 87.0 cm³/mol. The van der Waals surface area contributed by atoms with Gasteiger partial charge in [-0.05, 0) is 18.8 Å². The molecule has 0 aliphatic carbocycles. The number of hydrogen-bond donors (Lipinski definition) is 3. The van der Waals surface area contributed by atoms with Crippen molar-refractivity contribution < 1.29 is 14.9 Å². The van der Waals surface area contributed by atoms with Gasteiger partial charge in [0.15, 0.2) is 6.23 Å². The van der Waals surface area contributed by atoms with Crippen LogP contribution in [0.4, 0.5) is 5.82 Å². The zero-order valence-corrected chi connectivity index (χ0v) is 14.3. The lowest BCUT2D eigenvalue weighted by atomic mass is 9.75. The monoisotopic (exact) mass is 323 g/mol. The summed E-state index contributed by atoms with van der Waals surface area (Å²) in [5.74, 6) is 0.0918. The first kappa shape index (κ1) is 17.5. The summed E-state index contributed by atoms with van der Waals surface area (Å²) >= 11 is 0. The highest BCUT2D eigenvalue weighted by molar-refractivity contribution is 5.37. The third kappa shape index (κ3) is 2.74. The van der Waals surface area contributed by atoms with Gasteiger partial charge in [-0.1, -0.05) is 27.7 Å². The van der Waals surface area contributed by atoms with Crippen molar-refractivity contribution in [3.63, 3.8) is 0 Å². The van der Waals surface area contributed by atoms with Crippen LogP contribution in [0.3, 0.4) is 0 Å². The third-order valence-electron chi connectivity index (χ3n) is 4.29. The van der Waals surface area contributed by atoms with E-state index in [1.165, 1.54) is 10.8 Å². The van der Waals surface area contributed by atoms with E-state index in [1.807, 2.05) is 27.7 Å². The molecule has 0 radical (unpaired) electrons. The SMILES string of the molecule is CC[C@]1(CO)O[C@@H](n2cc(C)c(N)nc2=O)C(O)=C1C(C)(C)C. The van der Waals surface area contributed by atoms with Crippen molar-refractivity contribution in [3.8, 4) is 0 Å². The second kappa shape index (κ2) is 5.65. The Morgan fingerprint density at radius 1 is 1.48 bits per heavy atom. The average molecular weight is 323 g/mol. The number of aliphatic hydroxyl groups excluding tert-OH is 2. The second-order valence-corrected chi connectivity index (χ2v) is 6.99. The van der Waals surface area contributed by atoms with Crippen molar-refractivity contribution in [3.05, 3.63) is 33.6 Å². The van der Waals surface area contributed by atoms with Crippen LogP contribution < -0.4 is 11.4 Å². The fraction of sp³-hybridized carbons (Fsp3) is 0.625. The molecule has 4 N–H and O–H groups in total. The number of rotatable bonds is 3. The van der Waals surface area contributed by atoms with Crippen LogP contribution in [0.1, 0.15) is 45.9 Å². The molecule has 1 aliphatic rings. The number of nitrogens with two attached hydrogens (primary N) is 1. The summed E-state index contributed by atoms with van der Waals surface area (Å²) in [5.41, 5.74) is 4.78. The van der Waals surface area contributed by atoms with Crippen molar-refractivity contribution in [1.29, 1.82) is 0 Å². The summed E-state index contributed by atoms with van der Waals surface area (Å²) in [5, 5.41) is 20.7. The van der Waals surface area contributed by atoms with Crippen molar-refractivity contribution in [2.24, 2.45) is 5.41 Å². The Bertz CT molecular complexity index is 696. The molecular weight excluding hydrogens is 298 g/mol. The Kier molecular flexibility index (Phi) is 4.30. The normalized spacial score (nSPS) is 25.2. The first-order valence-electron chi connectivity index (χ1n) is 7.65. The van der Waals surface area contributed by atoms with E-state index in [0.717, 1.165) is 0 Å². The first-order chi connectivity index (χ1) is 10.6. The topological polar surface area (TPSA) is 111 Å². The highest BCUT2D eigenvalue weighted by atomic mass is 16.6. The van der Waals surface area contributed by atoms with Crippen LogP contribution in [0.2, 0.25) is 0 Å². The minimum atomic E-state index is -1.03. The Hall–Kier alpha value is -1.86. The van der Waals surface area contributed by atoms with Crippen LogP contribution in [0.5, 0.6) is 0 Å². The lowest BCUT2D eigenvalue weighted by Gasteiger charge is -2.35. The molecule has 0 saturated heterocycles. The summed E-state index contributed by atoms with van der Waals surface area (Å²) in [6.07, 6.45) is 0.956. The van der Waals surface area contributed by atoms with Crippen LogP contribution in [0.25, 0.3) is 0 Å². The average Bonchev–Trinajstić information content (AvgIpc) is 2.76. The molecule has 0 aromatic carbocycles. The van der Waals surface area contributed by atoms with Gasteiger partial charge in [0.05, 0.1) is 6.61 Å². The molecule has 2 atom stereocenters. The van der Waals surface area contributed by atoms with Gasteiger partial charge in [-0.15, -0.1) is 0 Å². The quantitative estimate of drug-likeness (QED) is 0.780. The molecule has 1 aromatic heterocycles. The van der Waals surface area contributed by atoms with Gasteiger partial charge < -0.3 is 20.7 Å². The molecule has 0 spiro atoms. The van der Waals surface area contributed by atoms with Gasteiger partial charge in [0.25, 0.3) is 0 Å². The highest BCUT2D eigenvalue weighted by Crippen LogP contribution is 2.49. The largest absolute Gasteiger partial charge is 0.507 e. The van der Waals surface area contributed by atoms with Gasteiger partial charge >= 0.3 is 5.69 Å². The minimum absolute atomic E-state index is 0.0542. The number of nitrogen functional groups attached to an aromatic ring is 1. The summed E-state index contributed by atoms with van der Waals surface area (Å²) in [6, 6.07) is 0. The number of aliphatic hydroxyl groups is 2. The molecule has 1 aliphatic heterocycles. The van der Waals surface area contributed by atoms with E-state index in [2.05, 4.69) is 4.98 Å². The molecule has 7 nitrogen and oxygen atoms in total. The Morgan fingerprint density at radius 3 is 2.52 bits per heavy atom. The number of aromatic nitrogens is 2. The van der Waals surface area contributed by atoms with E-state index in [1.54, 1.807) is 6.92 Å². The molecular formula is C16H25N3O4. The molecule has 128 valence electrons. The lowest BCUT2D eigenvalue weighted by Crippen LogP contribution is -2.40. The molecule has 2 rings (SSSR count). The molecule has 2 heterocycles. The molecule has 0 saturated carbocycles. The number of ether oxygens (including phenoxy) is 1.